The van der Waals surface area contributed by atoms with Gasteiger partial charge in [0.2, 0.25) is 0 Å². The lowest BCUT2D eigenvalue weighted by atomic mass is 10.1. The van der Waals surface area contributed by atoms with Crippen LogP contribution >= 0.6 is 34.2 Å². The molecule has 0 saturated heterocycles. The molecule has 0 aliphatic rings. The number of aliphatic hydroxyl groups excluding tert-OH is 1. The van der Waals surface area contributed by atoms with Crippen LogP contribution in [0.3, 0.4) is 0 Å². The number of hydrogen-bond donors (Lipinski definition) is 2. The van der Waals surface area contributed by atoms with Crippen LogP contribution in [0.1, 0.15) is 10.4 Å². The molecule has 19 heavy (non-hydrogen) atoms. The van der Waals surface area contributed by atoms with Crippen LogP contribution in [-0.4, -0.2) is 44.5 Å². The van der Waals surface area contributed by atoms with Gasteiger partial charge in [-0.25, -0.2) is 0 Å². The second-order valence-corrected chi connectivity index (χ2v) is 5.34. The highest BCUT2D eigenvalue weighted by Crippen LogP contribution is 2.28. The molecule has 0 bridgehead atoms. The van der Waals surface area contributed by atoms with Crippen LogP contribution < -0.4 is 10.1 Å². The molecule has 1 rings (SSSR count). The third-order valence-corrected chi connectivity index (χ3v) is 3.93. The van der Waals surface area contributed by atoms with Gasteiger partial charge < -0.3 is 19.9 Å². The number of benzene rings is 1. The van der Waals surface area contributed by atoms with E-state index in [-0.39, 0.29) is 19.1 Å². The van der Waals surface area contributed by atoms with Crippen LogP contribution in [-0.2, 0) is 4.74 Å². The minimum atomic E-state index is -0.472. The summed E-state index contributed by atoms with van der Waals surface area (Å²) in [6, 6.07) is 2.75. The van der Waals surface area contributed by atoms with E-state index in [1.54, 1.807) is 12.1 Å². The number of methoxy groups -OCH3 is 2. The first kappa shape index (κ1) is 16.5. The van der Waals surface area contributed by atoms with Gasteiger partial charge in [-0.05, 0) is 34.7 Å². The van der Waals surface area contributed by atoms with E-state index in [4.69, 9.17) is 26.2 Å². The zero-order valence-electron chi connectivity index (χ0n) is 10.6. The van der Waals surface area contributed by atoms with Gasteiger partial charge in [-0.2, -0.15) is 0 Å². The fraction of sp³-hybridized carbons (Fsp3) is 0.417. The van der Waals surface area contributed by atoms with Gasteiger partial charge >= 0.3 is 0 Å². The molecule has 0 aliphatic heterocycles. The van der Waals surface area contributed by atoms with Gasteiger partial charge in [-0.1, -0.05) is 11.6 Å². The van der Waals surface area contributed by atoms with Crippen molar-refractivity contribution in [2.24, 2.45) is 0 Å². The number of carbonyl (C=O) groups excluding carboxylic acids is 1. The Hall–Kier alpha value is -0.570. The fourth-order valence-electron chi connectivity index (χ4n) is 1.48. The smallest absolute Gasteiger partial charge is 0.255 e. The second-order valence-electron chi connectivity index (χ2n) is 3.77. The maximum atomic E-state index is 12.1. The molecule has 0 aliphatic carbocycles. The van der Waals surface area contributed by atoms with Gasteiger partial charge in [0.1, 0.15) is 5.75 Å². The van der Waals surface area contributed by atoms with Gasteiger partial charge in [-0.3, -0.25) is 4.79 Å². The summed E-state index contributed by atoms with van der Waals surface area (Å²) in [5, 5.41) is 12.2. The number of nitrogens with one attached hydrogen (secondary N) is 1. The zero-order chi connectivity index (χ0) is 14.4. The topological polar surface area (TPSA) is 67.8 Å². The van der Waals surface area contributed by atoms with E-state index in [0.717, 1.165) is 3.57 Å². The Morgan fingerprint density at radius 3 is 2.74 bits per heavy atom. The minimum Gasteiger partial charge on any atom is -0.496 e. The first-order valence-electron chi connectivity index (χ1n) is 5.47. The number of halogens is 2. The van der Waals surface area contributed by atoms with Crippen molar-refractivity contribution in [3.05, 3.63) is 26.3 Å². The second kappa shape index (κ2) is 7.88. The summed E-state index contributed by atoms with van der Waals surface area (Å²) in [5.74, 6) is 0.0617. The van der Waals surface area contributed by atoms with Gasteiger partial charge in [-0.15, -0.1) is 0 Å². The van der Waals surface area contributed by atoms with Crippen molar-refractivity contribution >= 4 is 40.1 Å². The summed E-state index contributed by atoms with van der Waals surface area (Å²) in [5.41, 5.74) is 0.322. The quantitative estimate of drug-likeness (QED) is 0.715. The molecule has 106 valence electrons. The van der Waals surface area contributed by atoms with Crippen LogP contribution in [0.25, 0.3) is 0 Å². The van der Waals surface area contributed by atoms with E-state index in [1.807, 2.05) is 0 Å². The molecule has 1 aromatic rings. The van der Waals surface area contributed by atoms with Crippen molar-refractivity contribution in [1.82, 2.24) is 5.32 Å². The van der Waals surface area contributed by atoms with Crippen molar-refractivity contribution in [3.8, 4) is 5.75 Å². The van der Waals surface area contributed by atoms with Gasteiger partial charge in [0.25, 0.3) is 5.91 Å². The van der Waals surface area contributed by atoms with Crippen LogP contribution in [0, 0.1) is 3.57 Å². The number of rotatable bonds is 6. The lowest BCUT2D eigenvalue weighted by Crippen LogP contribution is -2.40. The van der Waals surface area contributed by atoms with Crippen LogP contribution in [0.15, 0.2) is 12.1 Å². The lowest BCUT2D eigenvalue weighted by Gasteiger charge is -2.16. The number of aliphatic hydroxyl groups is 1. The molecule has 0 heterocycles. The lowest BCUT2D eigenvalue weighted by molar-refractivity contribution is 0.0837. The van der Waals surface area contributed by atoms with Gasteiger partial charge in [0, 0.05) is 10.7 Å². The van der Waals surface area contributed by atoms with E-state index < -0.39 is 6.04 Å². The average Bonchev–Trinajstić information content (AvgIpc) is 2.40. The largest absolute Gasteiger partial charge is 0.496 e. The zero-order valence-corrected chi connectivity index (χ0v) is 13.5. The summed E-state index contributed by atoms with van der Waals surface area (Å²) in [4.78, 5) is 12.1. The number of carbonyl (C=O) groups is 1. The fourth-order valence-corrected chi connectivity index (χ4v) is 2.08. The molecule has 0 saturated carbocycles. The highest BCUT2D eigenvalue weighted by molar-refractivity contribution is 14.1. The SMILES string of the molecule is COCC(CO)NC(=O)c1cc(Cl)c(I)cc1OC. The van der Waals surface area contributed by atoms with E-state index in [0.29, 0.717) is 16.3 Å². The molecular formula is C12H15ClINO4. The van der Waals surface area contributed by atoms with Crippen molar-refractivity contribution in [2.45, 2.75) is 6.04 Å². The summed E-state index contributed by atoms with van der Waals surface area (Å²) in [6.45, 7) is 0.0165. The number of hydrogen-bond acceptors (Lipinski definition) is 4. The third-order valence-electron chi connectivity index (χ3n) is 2.41. The molecule has 1 atom stereocenters. The predicted molar refractivity (Wildman–Crippen MR) is 80.9 cm³/mol. The van der Waals surface area contributed by atoms with E-state index in [1.165, 1.54) is 14.2 Å². The van der Waals surface area contributed by atoms with E-state index in [2.05, 4.69) is 27.9 Å². The molecule has 2 N–H and O–H groups in total. The monoisotopic (exact) mass is 399 g/mol. The highest BCUT2D eigenvalue weighted by atomic mass is 127. The molecule has 0 radical (unpaired) electrons. The van der Waals surface area contributed by atoms with Crippen LogP contribution in [0.2, 0.25) is 5.02 Å². The molecule has 1 aromatic carbocycles. The van der Waals surface area contributed by atoms with Crippen molar-refractivity contribution in [1.29, 1.82) is 0 Å². The molecule has 0 aromatic heterocycles. The Bertz CT molecular complexity index is 456. The Kier molecular flexibility index (Phi) is 6.84. The molecule has 0 spiro atoms. The number of amides is 1. The molecule has 1 amide bonds. The maximum Gasteiger partial charge on any atom is 0.255 e. The normalized spacial score (nSPS) is 12.1. The molecule has 0 fully saturated rings. The van der Waals surface area contributed by atoms with Crippen molar-refractivity contribution in [3.63, 3.8) is 0 Å². The Morgan fingerprint density at radius 1 is 1.53 bits per heavy atom. The first-order valence-corrected chi connectivity index (χ1v) is 6.92. The Balaban J connectivity index is 2.95. The molecule has 1 unspecified atom stereocenters. The average molecular weight is 400 g/mol. The first-order chi connectivity index (χ1) is 9.03. The molecule has 7 heteroatoms. The van der Waals surface area contributed by atoms with E-state index in [9.17, 15) is 4.79 Å². The number of ether oxygens (including phenoxy) is 2. The summed E-state index contributed by atoms with van der Waals surface area (Å²) in [6.07, 6.45) is 0. The van der Waals surface area contributed by atoms with Crippen LogP contribution in [0.5, 0.6) is 5.75 Å². The summed E-state index contributed by atoms with van der Waals surface area (Å²) < 4.78 is 10.9. The van der Waals surface area contributed by atoms with Crippen LogP contribution in [0.4, 0.5) is 0 Å². The maximum absolute atomic E-state index is 12.1. The molecule has 5 nitrogen and oxygen atoms in total. The summed E-state index contributed by atoms with van der Waals surface area (Å²) >= 11 is 8.06. The Labute approximate surface area is 130 Å². The minimum absolute atomic E-state index is 0.208. The standard InChI is InChI=1S/C12H15ClINO4/c1-18-6-7(5-16)15-12(17)8-3-9(13)10(14)4-11(8)19-2/h3-4,7,16H,5-6H2,1-2H3,(H,15,17). The Morgan fingerprint density at radius 2 is 2.21 bits per heavy atom. The van der Waals surface area contributed by atoms with Gasteiger partial charge in [0.05, 0.1) is 37.0 Å². The van der Waals surface area contributed by atoms with Crippen molar-refractivity contribution < 1.29 is 19.4 Å². The summed E-state index contributed by atoms with van der Waals surface area (Å²) in [7, 11) is 2.98. The third kappa shape index (κ3) is 4.48. The van der Waals surface area contributed by atoms with Gasteiger partial charge in [0.15, 0.2) is 0 Å². The van der Waals surface area contributed by atoms with Crippen molar-refractivity contribution in [2.75, 3.05) is 27.4 Å². The highest BCUT2D eigenvalue weighted by Gasteiger charge is 2.18. The van der Waals surface area contributed by atoms with E-state index >= 15 is 0 Å². The predicted octanol–water partition coefficient (Wildman–Crippen LogP) is 1.69. The molecular weight excluding hydrogens is 384 g/mol.